The summed E-state index contributed by atoms with van der Waals surface area (Å²) in [5.74, 6) is 0.207. The molecule has 1 amide bonds. The number of halogens is 3. The number of carbonyl (C=O) groups is 1. The fourth-order valence-corrected chi connectivity index (χ4v) is 2.57. The monoisotopic (exact) mass is 314 g/mol. The van der Waals surface area contributed by atoms with Gasteiger partial charge in [-0.3, -0.25) is 10.1 Å². The van der Waals surface area contributed by atoms with Crippen LogP contribution in [-0.2, 0) is 11.0 Å². The highest BCUT2D eigenvalue weighted by Crippen LogP contribution is 2.42. The lowest BCUT2D eigenvalue weighted by molar-refractivity contribution is -0.137. The van der Waals surface area contributed by atoms with Crippen molar-refractivity contribution >= 4 is 5.91 Å². The van der Waals surface area contributed by atoms with Crippen molar-refractivity contribution in [2.24, 2.45) is 5.92 Å². The van der Waals surface area contributed by atoms with Gasteiger partial charge in [-0.2, -0.15) is 13.2 Å². The molecule has 0 bridgehead atoms. The van der Waals surface area contributed by atoms with Gasteiger partial charge in [0.05, 0.1) is 11.6 Å². The molecule has 1 saturated carbocycles. The number of likely N-dealkylation sites (N-methyl/N-ethyl adjacent to an activating group) is 1. The van der Waals surface area contributed by atoms with Crippen molar-refractivity contribution in [3.8, 4) is 0 Å². The third kappa shape index (κ3) is 4.00. The molecule has 1 aliphatic carbocycles. The Balaban J connectivity index is 2.20. The van der Waals surface area contributed by atoms with Crippen LogP contribution < -0.4 is 5.32 Å². The molecule has 0 heterocycles. The van der Waals surface area contributed by atoms with Crippen LogP contribution in [0, 0.1) is 5.92 Å². The number of benzene rings is 1. The largest absolute Gasteiger partial charge is 0.416 e. The molecule has 1 N–H and O–H groups in total. The first-order valence-corrected chi connectivity index (χ1v) is 7.34. The van der Waals surface area contributed by atoms with Gasteiger partial charge in [0.2, 0.25) is 5.91 Å². The Labute approximate surface area is 128 Å². The highest BCUT2D eigenvalue weighted by Gasteiger charge is 2.36. The van der Waals surface area contributed by atoms with E-state index in [2.05, 4.69) is 5.32 Å². The van der Waals surface area contributed by atoms with E-state index in [1.165, 1.54) is 17.0 Å². The molecular formula is C16H21F3N2O. The quantitative estimate of drug-likeness (QED) is 0.905. The van der Waals surface area contributed by atoms with Crippen LogP contribution in [0.2, 0.25) is 0 Å². The van der Waals surface area contributed by atoms with Crippen LogP contribution in [0.4, 0.5) is 13.2 Å². The van der Waals surface area contributed by atoms with E-state index in [0.717, 1.165) is 18.9 Å². The molecule has 1 aliphatic rings. The van der Waals surface area contributed by atoms with Crippen LogP contribution in [-0.4, -0.2) is 30.9 Å². The molecule has 1 fully saturated rings. The highest BCUT2D eigenvalue weighted by molar-refractivity contribution is 5.81. The van der Waals surface area contributed by atoms with Crippen LogP contribution in [0.25, 0.3) is 0 Å². The summed E-state index contributed by atoms with van der Waals surface area (Å²) in [6.07, 6.45) is -2.41. The van der Waals surface area contributed by atoms with Crippen molar-refractivity contribution in [1.82, 2.24) is 10.2 Å². The lowest BCUT2D eigenvalue weighted by Crippen LogP contribution is -2.43. The zero-order valence-corrected chi connectivity index (χ0v) is 12.9. The smallest absolute Gasteiger partial charge is 0.347 e. The minimum Gasteiger partial charge on any atom is -0.347 e. The number of nitrogens with zero attached hydrogens (tertiary/aromatic N) is 1. The van der Waals surface area contributed by atoms with Crippen molar-refractivity contribution < 1.29 is 18.0 Å². The molecule has 2 rings (SSSR count). The lowest BCUT2D eigenvalue weighted by Gasteiger charge is -2.25. The van der Waals surface area contributed by atoms with Gasteiger partial charge < -0.3 is 4.90 Å². The molecule has 0 unspecified atom stereocenters. The van der Waals surface area contributed by atoms with Gasteiger partial charge in [-0.1, -0.05) is 12.1 Å². The van der Waals surface area contributed by atoms with Gasteiger partial charge in [-0.25, -0.2) is 0 Å². The molecule has 3 nitrogen and oxygen atoms in total. The van der Waals surface area contributed by atoms with Crippen molar-refractivity contribution in [3.63, 3.8) is 0 Å². The Bertz CT molecular complexity index is 538. The summed E-state index contributed by atoms with van der Waals surface area (Å²) in [5, 5.41) is 3.20. The highest BCUT2D eigenvalue weighted by atomic mass is 19.4. The molecule has 0 spiro atoms. The summed E-state index contributed by atoms with van der Waals surface area (Å²) in [4.78, 5) is 13.4. The molecular weight excluding hydrogens is 293 g/mol. The molecule has 22 heavy (non-hydrogen) atoms. The minimum absolute atomic E-state index is 0.0855. The lowest BCUT2D eigenvalue weighted by atomic mass is 9.99. The second kappa shape index (κ2) is 6.28. The molecule has 2 atom stereocenters. The second-order valence-corrected chi connectivity index (χ2v) is 6.06. The van der Waals surface area contributed by atoms with E-state index < -0.39 is 17.8 Å². The van der Waals surface area contributed by atoms with Gasteiger partial charge in [0, 0.05) is 20.1 Å². The summed E-state index contributed by atoms with van der Waals surface area (Å²) in [6.45, 7) is 1.74. The molecule has 0 radical (unpaired) electrons. The van der Waals surface area contributed by atoms with Gasteiger partial charge >= 0.3 is 6.18 Å². The molecule has 0 aromatic heterocycles. The average molecular weight is 314 g/mol. The van der Waals surface area contributed by atoms with Gasteiger partial charge in [-0.05, 0) is 43.4 Å². The average Bonchev–Trinajstić information content (AvgIpc) is 3.27. The Kier molecular flexibility index (Phi) is 4.80. The van der Waals surface area contributed by atoms with Crippen molar-refractivity contribution in [3.05, 3.63) is 35.4 Å². The summed E-state index contributed by atoms with van der Waals surface area (Å²) in [6, 6.07) is 4.72. The van der Waals surface area contributed by atoms with Crippen LogP contribution in [0.5, 0.6) is 0 Å². The molecule has 0 aliphatic heterocycles. The SMILES string of the molecule is C[C@@H](N[C@H](c1cccc(C(F)(F)F)c1)C1CC1)C(=O)N(C)C. The predicted octanol–water partition coefficient (Wildman–Crippen LogP) is 3.22. The van der Waals surface area contributed by atoms with Gasteiger partial charge in [0.1, 0.15) is 0 Å². The van der Waals surface area contributed by atoms with Crippen molar-refractivity contribution in [2.45, 2.75) is 38.0 Å². The number of alkyl halides is 3. The maximum Gasteiger partial charge on any atom is 0.416 e. The van der Waals surface area contributed by atoms with E-state index in [1.807, 2.05) is 0 Å². The van der Waals surface area contributed by atoms with Crippen molar-refractivity contribution in [1.29, 1.82) is 0 Å². The van der Waals surface area contributed by atoms with Crippen LogP contribution >= 0.6 is 0 Å². The summed E-state index contributed by atoms with van der Waals surface area (Å²) in [7, 11) is 3.33. The zero-order chi connectivity index (χ0) is 16.5. The third-order valence-corrected chi connectivity index (χ3v) is 3.91. The Morgan fingerprint density at radius 1 is 1.32 bits per heavy atom. The van der Waals surface area contributed by atoms with Crippen molar-refractivity contribution in [2.75, 3.05) is 14.1 Å². The van der Waals surface area contributed by atoms with E-state index in [0.29, 0.717) is 11.5 Å². The molecule has 1 aromatic carbocycles. The fraction of sp³-hybridized carbons (Fsp3) is 0.562. The first-order valence-electron chi connectivity index (χ1n) is 7.34. The zero-order valence-electron chi connectivity index (χ0n) is 12.9. The molecule has 6 heteroatoms. The summed E-state index contributed by atoms with van der Waals surface area (Å²) < 4.78 is 38.6. The first kappa shape index (κ1) is 16.8. The van der Waals surface area contributed by atoms with Gasteiger partial charge in [-0.15, -0.1) is 0 Å². The maximum absolute atomic E-state index is 12.9. The number of rotatable bonds is 5. The number of nitrogens with one attached hydrogen (secondary N) is 1. The Morgan fingerprint density at radius 3 is 2.45 bits per heavy atom. The number of hydrogen-bond acceptors (Lipinski definition) is 2. The fourth-order valence-electron chi connectivity index (χ4n) is 2.57. The Morgan fingerprint density at radius 2 is 1.95 bits per heavy atom. The Hall–Kier alpha value is -1.56. The second-order valence-electron chi connectivity index (χ2n) is 6.06. The number of hydrogen-bond donors (Lipinski definition) is 1. The van der Waals surface area contributed by atoms with E-state index in [4.69, 9.17) is 0 Å². The standard InChI is InChI=1S/C16H21F3N2O/c1-10(15(22)21(2)3)20-14(11-7-8-11)12-5-4-6-13(9-12)16(17,18)19/h4-6,9-11,14,20H,7-8H2,1-3H3/t10-,14+/m1/s1. The number of carbonyl (C=O) groups excluding carboxylic acids is 1. The topological polar surface area (TPSA) is 32.3 Å². The molecule has 122 valence electrons. The van der Waals surface area contributed by atoms with E-state index >= 15 is 0 Å². The van der Waals surface area contributed by atoms with E-state index in [-0.39, 0.29) is 11.9 Å². The van der Waals surface area contributed by atoms with Crippen LogP contribution in [0.15, 0.2) is 24.3 Å². The normalized spacial score (nSPS) is 17.9. The molecule has 1 aromatic rings. The first-order chi connectivity index (χ1) is 10.2. The van der Waals surface area contributed by atoms with Gasteiger partial charge in [0.15, 0.2) is 0 Å². The maximum atomic E-state index is 12.9. The number of amides is 1. The van der Waals surface area contributed by atoms with E-state index in [9.17, 15) is 18.0 Å². The van der Waals surface area contributed by atoms with Gasteiger partial charge in [0.25, 0.3) is 0 Å². The van der Waals surface area contributed by atoms with E-state index in [1.54, 1.807) is 27.1 Å². The summed E-state index contributed by atoms with van der Waals surface area (Å²) >= 11 is 0. The van der Waals surface area contributed by atoms with Crippen LogP contribution in [0.3, 0.4) is 0 Å². The summed E-state index contributed by atoms with van der Waals surface area (Å²) in [5.41, 5.74) is -0.0558. The van der Waals surface area contributed by atoms with Crippen LogP contribution in [0.1, 0.15) is 36.9 Å². The molecule has 0 saturated heterocycles. The minimum atomic E-state index is -4.35. The third-order valence-electron chi connectivity index (χ3n) is 3.91. The predicted molar refractivity (Wildman–Crippen MR) is 78.2 cm³/mol.